The molecule has 0 radical (unpaired) electrons. The van der Waals surface area contributed by atoms with Crippen LogP contribution >= 0.6 is 0 Å². The van der Waals surface area contributed by atoms with E-state index in [1.54, 1.807) is 6.08 Å². The molecule has 1 fully saturated rings. The zero-order chi connectivity index (χ0) is 18.7. The fourth-order valence-electron chi connectivity index (χ4n) is 3.40. The SMILES string of the molecule is CCCCC(F)C(O)C=C[C@H]1CCC(O)[C@@H]1CC/C=C/CCC(=O)O. The number of aliphatic hydroxyl groups excluding tert-OH is 2. The van der Waals surface area contributed by atoms with E-state index >= 15 is 0 Å². The number of allylic oxidation sites excluding steroid dienone is 3. The van der Waals surface area contributed by atoms with Crippen molar-refractivity contribution in [1.29, 1.82) is 0 Å². The van der Waals surface area contributed by atoms with E-state index in [2.05, 4.69) is 0 Å². The Kier molecular flexibility index (Phi) is 10.7. The van der Waals surface area contributed by atoms with Crippen molar-refractivity contribution in [3.63, 3.8) is 0 Å². The van der Waals surface area contributed by atoms with Gasteiger partial charge >= 0.3 is 5.97 Å². The topological polar surface area (TPSA) is 77.8 Å². The van der Waals surface area contributed by atoms with Crippen molar-refractivity contribution >= 4 is 5.97 Å². The lowest BCUT2D eigenvalue weighted by atomic mass is 9.89. The molecule has 0 aliphatic heterocycles. The number of hydrogen-bond donors (Lipinski definition) is 3. The van der Waals surface area contributed by atoms with E-state index in [1.807, 2.05) is 25.2 Å². The molecule has 144 valence electrons. The molecule has 1 aliphatic rings. The van der Waals surface area contributed by atoms with E-state index in [9.17, 15) is 19.4 Å². The molecule has 5 heteroatoms. The smallest absolute Gasteiger partial charge is 0.303 e. The number of rotatable bonds is 12. The molecule has 5 atom stereocenters. The van der Waals surface area contributed by atoms with E-state index < -0.39 is 18.2 Å². The lowest BCUT2D eigenvalue weighted by Gasteiger charge is -2.19. The summed E-state index contributed by atoms with van der Waals surface area (Å²) in [6.07, 6.45) is 10.5. The summed E-state index contributed by atoms with van der Waals surface area (Å²) < 4.78 is 13.8. The first-order valence-electron chi connectivity index (χ1n) is 9.51. The van der Waals surface area contributed by atoms with E-state index in [1.165, 1.54) is 0 Å². The first-order chi connectivity index (χ1) is 12.0. The van der Waals surface area contributed by atoms with Crippen LogP contribution in [0.5, 0.6) is 0 Å². The summed E-state index contributed by atoms with van der Waals surface area (Å²) in [6, 6.07) is 0. The minimum atomic E-state index is -1.22. The van der Waals surface area contributed by atoms with Crippen LogP contribution in [0.1, 0.15) is 64.7 Å². The highest BCUT2D eigenvalue weighted by atomic mass is 19.1. The number of alkyl halides is 1. The van der Waals surface area contributed by atoms with Crippen molar-refractivity contribution in [2.45, 2.75) is 83.1 Å². The highest BCUT2D eigenvalue weighted by Crippen LogP contribution is 2.36. The quantitative estimate of drug-likeness (QED) is 0.462. The van der Waals surface area contributed by atoms with Crippen LogP contribution in [0, 0.1) is 11.8 Å². The van der Waals surface area contributed by atoms with Gasteiger partial charge < -0.3 is 15.3 Å². The predicted molar refractivity (Wildman–Crippen MR) is 97.0 cm³/mol. The van der Waals surface area contributed by atoms with Gasteiger partial charge in [-0.25, -0.2) is 4.39 Å². The van der Waals surface area contributed by atoms with Crippen molar-refractivity contribution in [1.82, 2.24) is 0 Å². The third kappa shape index (κ3) is 8.63. The highest BCUT2D eigenvalue weighted by molar-refractivity contribution is 5.66. The number of carboxylic acid groups (broad SMARTS) is 1. The van der Waals surface area contributed by atoms with Gasteiger partial charge in [-0.15, -0.1) is 0 Å². The molecule has 0 aromatic carbocycles. The summed E-state index contributed by atoms with van der Waals surface area (Å²) in [4.78, 5) is 10.4. The van der Waals surface area contributed by atoms with Gasteiger partial charge in [0.25, 0.3) is 0 Å². The Labute approximate surface area is 150 Å². The summed E-state index contributed by atoms with van der Waals surface area (Å²) in [5.74, 6) is -0.526. The van der Waals surface area contributed by atoms with Crippen LogP contribution in [0.2, 0.25) is 0 Å². The normalized spacial score (nSPS) is 26.5. The third-order valence-electron chi connectivity index (χ3n) is 4.96. The van der Waals surface area contributed by atoms with Crippen LogP contribution < -0.4 is 0 Å². The molecule has 0 aromatic rings. The van der Waals surface area contributed by atoms with Crippen molar-refractivity contribution in [2.75, 3.05) is 0 Å². The molecule has 4 nitrogen and oxygen atoms in total. The van der Waals surface area contributed by atoms with Crippen molar-refractivity contribution in [3.05, 3.63) is 24.3 Å². The van der Waals surface area contributed by atoms with Gasteiger partial charge in [-0.3, -0.25) is 4.79 Å². The van der Waals surface area contributed by atoms with E-state index in [4.69, 9.17) is 5.11 Å². The van der Waals surface area contributed by atoms with Crippen LogP contribution in [0.3, 0.4) is 0 Å². The Morgan fingerprint density at radius 3 is 2.68 bits per heavy atom. The number of carboxylic acids is 1. The maximum Gasteiger partial charge on any atom is 0.303 e. The zero-order valence-corrected chi connectivity index (χ0v) is 15.2. The first-order valence-corrected chi connectivity index (χ1v) is 9.51. The molecule has 0 amide bonds. The Balaban J connectivity index is 2.42. The van der Waals surface area contributed by atoms with Crippen molar-refractivity contribution < 1.29 is 24.5 Å². The summed E-state index contributed by atoms with van der Waals surface area (Å²) in [7, 11) is 0. The maximum atomic E-state index is 13.8. The van der Waals surface area contributed by atoms with Gasteiger partial charge in [0.15, 0.2) is 0 Å². The number of aliphatic hydroxyl groups is 2. The van der Waals surface area contributed by atoms with Crippen LogP contribution in [0.15, 0.2) is 24.3 Å². The van der Waals surface area contributed by atoms with E-state index in [0.29, 0.717) is 12.8 Å². The highest BCUT2D eigenvalue weighted by Gasteiger charge is 2.32. The summed E-state index contributed by atoms with van der Waals surface area (Å²) in [5, 5.41) is 28.6. The maximum absolute atomic E-state index is 13.8. The molecule has 0 aromatic heterocycles. The second kappa shape index (κ2) is 12.2. The fourth-order valence-corrected chi connectivity index (χ4v) is 3.40. The van der Waals surface area contributed by atoms with Gasteiger partial charge in [-0.05, 0) is 50.4 Å². The predicted octanol–water partition coefficient (Wildman–Crippen LogP) is 4.02. The summed E-state index contributed by atoms with van der Waals surface area (Å²) >= 11 is 0. The number of hydrogen-bond acceptors (Lipinski definition) is 3. The van der Waals surface area contributed by atoms with E-state index in [0.717, 1.165) is 38.5 Å². The van der Waals surface area contributed by atoms with Gasteiger partial charge in [0.05, 0.1) is 6.10 Å². The zero-order valence-electron chi connectivity index (χ0n) is 15.2. The minimum Gasteiger partial charge on any atom is -0.481 e. The van der Waals surface area contributed by atoms with Crippen LogP contribution in [-0.4, -0.2) is 39.7 Å². The lowest BCUT2D eigenvalue weighted by Crippen LogP contribution is -2.21. The lowest BCUT2D eigenvalue weighted by molar-refractivity contribution is -0.136. The van der Waals surface area contributed by atoms with Gasteiger partial charge in [0.2, 0.25) is 0 Å². The second-order valence-electron chi connectivity index (χ2n) is 6.99. The second-order valence-corrected chi connectivity index (χ2v) is 6.99. The average molecular weight is 356 g/mol. The molecule has 0 saturated heterocycles. The summed E-state index contributed by atoms with van der Waals surface area (Å²) in [5.41, 5.74) is 0. The number of carbonyl (C=O) groups is 1. The molecular formula is C20H33FO4. The Hall–Kier alpha value is -1.20. The minimum absolute atomic E-state index is 0.112. The molecule has 1 rings (SSSR count). The number of halogens is 1. The van der Waals surface area contributed by atoms with Crippen molar-refractivity contribution in [2.24, 2.45) is 11.8 Å². The van der Waals surface area contributed by atoms with Crippen LogP contribution in [0.25, 0.3) is 0 Å². The average Bonchev–Trinajstić information content (AvgIpc) is 2.93. The first kappa shape index (κ1) is 21.8. The van der Waals surface area contributed by atoms with E-state index in [-0.39, 0.29) is 24.4 Å². The Bertz CT molecular complexity index is 435. The van der Waals surface area contributed by atoms with Gasteiger partial charge in [0.1, 0.15) is 12.3 Å². The number of unbranched alkanes of at least 4 members (excludes halogenated alkanes) is 1. The molecule has 1 aliphatic carbocycles. The molecule has 25 heavy (non-hydrogen) atoms. The largest absolute Gasteiger partial charge is 0.481 e. The van der Waals surface area contributed by atoms with Crippen LogP contribution in [0.4, 0.5) is 4.39 Å². The number of aliphatic carboxylic acids is 1. The van der Waals surface area contributed by atoms with Gasteiger partial charge in [0, 0.05) is 6.42 Å². The van der Waals surface area contributed by atoms with Gasteiger partial charge in [-0.2, -0.15) is 0 Å². The molecule has 1 saturated carbocycles. The molecular weight excluding hydrogens is 323 g/mol. The standard InChI is InChI=1S/C20H33FO4/c1-2-3-9-17(21)19(23)14-12-15-11-13-18(22)16(15)8-6-4-5-7-10-20(24)25/h4-5,12,14-19,22-23H,2-3,6-11,13H2,1H3,(H,24,25)/b5-4+,14-12?/t15-,16-,17?,18?,19?/m1/s1. The monoisotopic (exact) mass is 356 g/mol. The molecule has 3 N–H and O–H groups in total. The molecule has 3 unspecified atom stereocenters. The summed E-state index contributed by atoms with van der Waals surface area (Å²) in [6.45, 7) is 2.00. The Morgan fingerprint density at radius 2 is 2.00 bits per heavy atom. The van der Waals surface area contributed by atoms with Crippen LogP contribution in [-0.2, 0) is 4.79 Å². The molecule has 0 spiro atoms. The third-order valence-corrected chi connectivity index (χ3v) is 4.96. The fraction of sp³-hybridized carbons (Fsp3) is 0.750. The molecule has 0 bridgehead atoms. The molecule has 0 heterocycles. The van der Waals surface area contributed by atoms with Gasteiger partial charge in [-0.1, -0.05) is 44.1 Å². The van der Waals surface area contributed by atoms with Crippen molar-refractivity contribution in [3.8, 4) is 0 Å². The Morgan fingerprint density at radius 1 is 1.28 bits per heavy atom.